The largest absolute Gasteiger partial charge is 0.454 e. The Kier molecular flexibility index (Phi) is 4.30. The maximum absolute atomic E-state index is 12.9. The molecule has 1 N–H and O–H groups in total. The third kappa shape index (κ3) is 3.38. The molecule has 0 saturated carbocycles. The monoisotopic (exact) mass is 300 g/mol. The summed E-state index contributed by atoms with van der Waals surface area (Å²) >= 11 is 11.9. The van der Waals surface area contributed by atoms with E-state index in [1.165, 1.54) is 12.1 Å². The van der Waals surface area contributed by atoms with Gasteiger partial charge in [-0.25, -0.2) is 4.39 Å². The molecule has 0 spiro atoms. The van der Waals surface area contributed by atoms with Crippen LogP contribution in [-0.4, -0.2) is 5.11 Å². The zero-order valence-electron chi connectivity index (χ0n) is 10.0. The van der Waals surface area contributed by atoms with Crippen molar-refractivity contribution in [3.63, 3.8) is 0 Å². The van der Waals surface area contributed by atoms with E-state index in [1.807, 2.05) is 0 Å². The van der Waals surface area contributed by atoms with Crippen molar-refractivity contribution >= 4 is 23.2 Å². The summed E-state index contributed by atoms with van der Waals surface area (Å²) in [6, 6.07) is 8.77. The first-order valence-corrected chi connectivity index (χ1v) is 6.33. The highest BCUT2D eigenvalue weighted by atomic mass is 35.5. The fraction of sp³-hybridized carbons (Fsp3) is 0.143. The summed E-state index contributed by atoms with van der Waals surface area (Å²) in [5.41, 5.74) is 0.683. The quantitative estimate of drug-likeness (QED) is 0.866. The van der Waals surface area contributed by atoms with E-state index in [9.17, 15) is 9.50 Å². The second kappa shape index (κ2) is 5.78. The Morgan fingerprint density at radius 3 is 2.16 bits per heavy atom. The lowest BCUT2D eigenvalue weighted by molar-refractivity contribution is 0.199. The summed E-state index contributed by atoms with van der Waals surface area (Å²) in [7, 11) is 0. The lowest BCUT2D eigenvalue weighted by atomic mass is 10.1. The highest BCUT2D eigenvalue weighted by Gasteiger charge is 2.10. The van der Waals surface area contributed by atoms with Crippen molar-refractivity contribution in [1.29, 1.82) is 0 Å². The number of ether oxygens (including phenoxy) is 1. The van der Waals surface area contributed by atoms with Gasteiger partial charge in [-0.1, -0.05) is 29.3 Å². The maximum atomic E-state index is 12.9. The van der Waals surface area contributed by atoms with Gasteiger partial charge in [0, 0.05) is 0 Å². The van der Waals surface area contributed by atoms with Crippen LogP contribution < -0.4 is 4.74 Å². The molecule has 2 nitrogen and oxygen atoms in total. The number of aliphatic hydroxyl groups excluding tert-OH is 1. The molecule has 0 aliphatic carbocycles. The molecule has 19 heavy (non-hydrogen) atoms. The number of halogens is 3. The first-order chi connectivity index (χ1) is 8.97. The second-order valence-corrected chi connectivity index (χ2v) is 4.86. The topological polar surface area (TPSA) is 29.5 Å². The Bertz CT molecular complexity index is 600. The molecular weight excluding hydrogens is 290 g/mol. The molecule has 0 bridgehead atoms. The highest BCUT2D eigenvalue weighted by Crippen LogP contribution is 2.35. The molecule has 0 fully saturated rings. The van der Waals surface area contributed by atoms with Crippen molar-refractivity contribution in [3.05, 3.63) is 57.8 Å². The van der Waals surface area contributed by atoms with Crippen molar-refractivity contribution in [2.75, 3.05) is 0 Å². The van der Waals surface area contributed by atoms with Gasteiger partial charge in [-0.15, -0.1) is 0 Å². The normalized spacial score (nSPS) is 12.3. The van der Waals surface area contributed by atoms with Crippen LogP contribution in [0.15, 0.2) is 36.4 Å². The van der Waals surface area contributed by atoms with Gasteiger partial charge < -0.3 is 9.84 Å². The highest BCUT2D eigenvalue weighted by molar-refractivity contribution is 6.32. The smallest absolute Gasteiger partial charge is 0.146 e. The first kappa shape index (κ1) is 14.1. The molecule has 5 heteroatoms. The van der Waals surface area contributed by atoms with Gasteiger partial charge in [0.25, 0.3) is 0 Å². The van der Waals surface area contributed by atoms with Gasteiger partial charge in [0.2, 0.25) is 0 Å². The van der Waals surface area contributed by atoms with Crippen molar-refractivity contribution in [1.82, 2.24) is 0 Å². The minimum atomic E-state index is -0.610. The number of hydrogen-bond donors (Lipinski definition) is 1. The van der Waals surface area contributed by atoms with E-state index in [0.29, 0.717) is 22.1 Å². The van der Waals surface area contributed by atoms with Crippen LogP contribution in [0.4, 0.5) is 4.39 Å². The molecule has 1 atom stereocenters. The molecule has 0 amide bonds. The van der Waals surface area contributed by atoms with E-state index in [4.69, 9.17) is 27.9 Å². The summed E-state index contributed by atoms with van der Waals surface area (Å²) in [4.78, 5) is 0. The minimum Gasteiger partial charge on any atom is -0.454 e. The Morgan fingerprint density at radius 2 is 1.63 bits per heavy atom. The van der Waals surface area contributed by atoms with E-state index in [2.05, 4.69) is 0 Å². The van der Waals surface area contributed by atoms with Gasteiger partial charge in [-0.05, 0) is 42.8 Å². The van der Waals surface area contributed by atoms with Gasteiger partial charge >= 0.3 is 0 Å². The zero-order chi connectivity index (χ0) is 14.0. The SMILES string of the molecule is C[C@@H](O)c1ccc(Oc2ccc(F)cc2Cl)c(Cl)c1. The second-order valence-electron chi connectivity index (χ2n) is 4.04. The van der Waals surface area contributed by atoms with Gasteiger partial charge in [0.05, 0.1) is 16.1 Å². The van der Waals surface area contributed by atoms with Crippen molar-refractivity contribution in [2.45, 2.75) is 13.0 Å². The molecule has 0 unspecified atom stereocenters. The summed E-state index contributed by atoms with van der Waals surface area (Å²) in [6.45, 7) is 1.64. The lowest BCUT2D eigenvalue weighted by Gasteiger charge is -2.11. The Labute approximate surface area is 120 Å². The van der Waals surface area contributed by atoms with Crippen LogP contribution >= 0.6 is 23.2 Å². The lowest BCUT2D eigenvalue weighted by Crippen LogP contribution is -1.92. The minimum absolute atomic E-state index is 0.163. The van der Waals surface area contributed by atoms with Crippen LogP contribution in [-0.2, 0) is 0 Å². The number of benzene rings is 2. The van der Waals surface area contributed by atoms with E-state index >= 15 is 0 Å². The Hall–Kier alpha value is -1.29. The van der Waals surface area contributed by atoms with Crippen molar-refractivity contribution in [3.8, 4) is 11.5 Å². The molecule has 0 heterocycles. The molecular formula is C14H11Cl2FO2. The third-order valence-corrected chi connectivity index (χ3v) is 3.14. The van der Waals surface area contributed by atoms with Crippen LogP contribution in [0.5, 0.6) is 11.5 Å². The van der Waals surface area contributed by atoms with Crippen LogP contribution in [0.3, 0.4) is 0 Å². The summed E-state index contributed by atoms with van der Waals surface area (Å²) in [5.74, 6) is 0.266. The predicted molar refractivity (Wildman–Crippen MR) is 73.6 cm³/mol. The van der Waals surface area contributed by atoms with Crippen molar-refractivity contribution < 1.29 is 14.2 Å². The van der Waals surface area contributed by atoms with Gasteiger partial charge in [0.15, 0.2) is 0 Å². The van der Waals surface area contributed by atoms with E-state index in [0.717, 1.165) is 6.07 Å². The van der Waals surface area contributed by atoms with Gasteiger partial charge in [-0.3, -0.25) is 0 Å². The Morgan fingerprint density at radius 1 is 1.05 bits per heavy atom. The van der Waals surface area contributed by atoms with Crippen LogP contribution in [0.2, 0.25) is 10.0 Å². The molecule has 0 aromatic heterocycles. The number of rotatable bonds is 3. The molecule has 0 aliphatic heterocycles. The van der Waals surface area contributed by atoms with Crippen LogP contribution in [0.25, 0.3) is 0 Å². The van der Waals surface area contributed by atoms with Crippen LogP contribution in [0.1, 0.15) is 18.6 Å². The average Bonchev–Trinajstić information content (AvgIpc) is 2.34. The summed E-state index contributed by atoms with van der Waals surface area (Å²) in [5, 5.41) is 9.95. The summed E-state index contributed by atoms with van der Waals surface area (Å²) in [6.07, 6.45) is -0.610. The molecule has 2 rings (SSSR count). The summed E-state index contributed by atoms with van der Waals surface area (Å²) < 4.78 is 18.4. The molecule has 0 radical (unpaired) electrons. The molecule has 0 aliphatic rings. The van der Waals surface area contributed by atoms with Gasteiger partial charge in [0.1, 0.15) is 17.3 Å². The third-order valence-electron chi connectivity index (χ3n) is 2.55. The molecule has 0 saturated heterocycles. The van der Waals surface area contributed by atoms with E-state index in [1.54, 1.807) is 25.1 Å². The van der Waals surface area contributed by atoms with Gasteiger partial charge in [-0.2, -0.15) is 0 Å². The van der Waals surface area contributed by atoms with E-state index < -0.39 is 11.9 Å². The van der Waals surface area contributed by atoms with Crippen molar-refractivity contribution in [2.24, 2.45) is 0 Å². The fourth-order valence-corrected chi connectivity index (χ4v) is 1.97. The molecule has 2 aromatic rings. The van der Waals surface area contributed by atoms with E-state index in [-0.39, 0.29) is 5.02 Å². The first-order valence-electron chi connectivity index (χ1n) is 5.58. The number of hydrogen-bond acceptors (Lipinski definition) is 2. The predicted octanol–water partition coefficient (Wildman–Crippen LogP) is 4.98. The zero-order valence-corrected chi connectivity index (χ0v) is 11.5. The standard InChI is InChI=1S/C14H11Cl2FO2/c1-8(18)9-2-4-13(11(15)6-9)19-14-5-3-10(17)7-12(14)16/h2-8,18H,1H3/t8-/m1/s1. The fourth-order valence-electron chi connectivity index (χ4n) is 1.54. The average molecular weight is 301 g/mol. The Balaban J connectivity index is 2.28. The molecule has 2 aromatic carbocycles. The molecule has 100 valence electrons. The number of aliphatic hydroxyl groups is 1. The van der Waals surface area contributed by atoms with Crippen LogP contribution in [0, 0.1) is 5.82 Å². The maximum Gasteiger partial charge on any atom is 0.146 e.